The Morgan fingerprint density at radius 3 is 2.83 bits per heavy atom. The van der Waals surface area contributed by atoms with Crippen molar-refractivity contribution in [3.63, 3.8) is 0 Å². The summed E-state index contributed by atoms with van der Waals surface area (Å²) in [6.07, 6.45) is 6.58. The average molecular weight is 424 g/mol. The summed E-state index contributed by atoms with van der Waals surface area (Å²) in [4.78, 5) is 16.3. The number of nitrogens with one attached hydrogen (secondary N) is 1. The van der Waals surface area contributed by atoms with E-state index in [2.05, 4.69) is 16.8 Å². The summed E-state index contributed by atoms with van der Waals surface area (Å²) in [5.41, 5.74) is 1.64. The lowest BCUT2D eigenvalue weighted by Crippen LogP contribution is -2.44. The van der Waals surface area contributed by atoms with Gasteiger partial charge in [-0.2, -0.15) is 0 Å². The third-order valence-electron chi connectivity index (χ3n) is 6.21. The maximum Gasteiger partial charge on any atom is 0.162 e. The van der Waals surface area contributed by atoms with Crippen molar-refractivity contribution >= 4 is 26.3 Å². The van der Waals surface area contributed by atoms with Gasteiger partial charge in [0.2, 0.25) is 0 Å². The van der Waals surface area contributed by atoms with E-state index in [1.807, 2.05) is 36.5 Å². The van der Waals surface area contributed by atoms with Gasteiger partial charge in [-0.15, -0.1) is 0 Å². The molecule has 3 heterocycles. The van der Waals surface area contributed by atoms with Crippen LogP contribution in [0.15, 0.2) is 42.7 Å². The fourth-order valence-electron chi connectivity index (χ4n) is 4.28. The number of anilines is 1. The fraction of sp³-hybridized carbons (Fsp3) is 0.409. The molecule has 1 aromatic carbocycles. The third-order valence-corrected chi connectivity index (χ3v) is 8.32. The summed E-state index contributed by atoms with van der Waals surface area (Å²) in [5.74, 6) is 1.42. The number of aromatic nitrogens is 3. The lowest BCUT2D eigenvalue weighted by Gasteiger charge is -2.35. The molecular formula is C22H25N5O2S. The van der Waals surface area contributed by atoms with Crippen molar-refractivity contribution in [3.05, 3.63) is 48.4 Å². The number of pyridine rings is 1. The second-order valence-corrected chi connectivity index (χ2v) is 10.8. The molecule has 0 bridgehead atoms. The van der Waals surface area contributed by atoms with Crippen LogP contribution in [0.1, 0.15) is 25.5 Å². The van der Waals surface area contributed by atoms with Crippen LogP contribution in [0.5, 0.6) is 0 Å². The number of rotatable bonds is 4. The van der Waals surface area contributed by atoms with Gasteiger partial charge in [0.05, 0.1) is 39.4 Å². The van der Waals surface area contributed by atoms with E-state index in [1.54, 1.807) is 6.20 Å². The Balaban J connectivity index is 1.73. The van der Waals surface area contributed by atoms with Gasteiger partial charge in [-0.3, -0.25) is 9.76 Å². The highest BCUT2D eigenvalue weighted by atomic mass is 32.2. The van der Waals surface area contributed by atoms with Crippen molar-refractivity contribution in [3.8, 4) is 11.4 Å². The SMILES string of the molecule is C[C@@H]1COCCN1c1cc(C2([S@](C)(=N)=O)CC2)nc(-c2cccc3cnccc23)n1. The van der Waals surface area contributed by atoms with E-state index in [0.29, 0.717) is 19.0 Å². The zero-order chi connectivity index (χ0) is 20.9. The topological polar surface area (TPSA) is 92.1 Å². The quantitative estimate of drug-likeness (QED) is 0.690. The second-order valence-electron chi connectivity index (χ2n) is 8.29. The lowest BCUT2D eigenvalue weighted by atomic mass is 10.1. The number of nitrogens with zero attached hydrogens (tertiary/aromatic N) is 4. The van der Waals surface area contributed by atoms with Gasteiger partial charge in [0.1, 0.15) is 5.82 Å². The largest absolute Gasteiger partial charge is 0.377 e. The maximum atomic E-state index is 12.8. The Bertz CT molecular complexity index is 1220. The first-order valence-electron chi connectivity index (χ1n) is 10.2. The van der Waals surface area contributed by atoms with Gasteiger partial charge in [0, 0.05) is 42.2 Å². The molecule has 7 nitrogen and oxygen atoms in total. The summed E-state index contributed by atoms with van der Waals surface area (Å²) < 4.78 is 26.1. The molecule has 5 rings (SSSR count). The first-order chi connectivity index (χ1) is 14.4. The standard InChI is InChI=1S/C22H25N5O2S/c1-15-14-29-11-10-27(15)20-12-19(22(7-8-22)30(2,23)28)25-21(26-20)18-5-3-4-16-13-24-9-6-17(16)18/h3-6,9,12-13,15,23H,7-8,10-11,14H2,1-2H3/t15-,30-/m1/s1. The van der Waals surface area contributed by atoms with Crippen molar-refractivity contribution in [2.45, 2.75) is 30.6 Å². The summed E-state index contributed by atoms with van der Waals surface area (Å²) in [5, 5.41) is 2.05. The van der Waals surface area contributed by atoms with E-state index in [0.717, 1.165) is 47.2 Å². The van der Waals surface area contributed by atoms with Crippen LogP contribution >= 0.6 is 0 Å². The lowest BCUT2D eigenvalue weighted by molar-refractivity contribution is 0.0985. The van der Waals surface area contributed by atoms with Gasteiger partial charge >= 0.3 is 0 Å². The molecule has 156 valence electrons. The molecule has 3 aromatic rings. The van der Waals surface area contributed by atoms with E-state index in [4.69, 9.17) is 19.5 Å². The Morgan fingerprint density at radius 2 is 2.10 bits per heavy atom. The predicted molar refractivity (Wildman–Crippen MR) is 118 cm³/mol. The van der Waals surface area contributed by atoms with E-state index in [9.17, 15) is 4.21 Å². The second kappa shape index (κ2) is 6.99. The third kappa shape index (κ3) is 3.15. The summed E-state index contributed by atoms with van der Waals surface area (Å²) in [6.45, 7) is 4.15. The van der Waals surface area contributed by atoms with Crippen molar-refractivity contribution in [1.29, 1.82) is 4.78 Å². The van der Waals surface area contributed by atoms with Crippen LogP contribution in [-0.4, -0.2) is 51.2 Å². The minimum Gasteiger partial charge on any atom is -0.377 e. The Hall–Kier alpha value is -2.58. The summed E-state index contributed by atoms with van der Waals surface area (Å²) in [7, 11) is -2.79. The first-order valence-corrected chi connectivity index (χ1v) is 12.2. The molecule has 2 aromatic heterocycles. The normalized spacial score (nSPS) is 22.6. The molecule has 1 aliphatic carbocycles. The highest BCUT2D eigenvalue weighted by Gasteiger charge is 2.53. The molecule has 0 radical (unpaired) electrons. The Kier molecular flexibility index (Phi) is 4.52. The van der Waals surface area contributed by atoms with Gasteiger partial charge in [-0.1, -0.05) is 18.2 Å². The van der Waals surface area contributed by atoms with Crippen LogP contribution in [0.3, 0.4) is 0 Å². The van der Waals surface area contributed by atoms with Crippen LogP contribution in [-0.2, 0) is 19.2 Å². The smallest absolute Gasteiger partial charge is 0.162 e. The molecule has 0 unspecified atom stereocenters. The van der Waals surface area contributed by atoms with Crippen LogP contribution in [0.2, 0.25) is 0 Å². The van der Waals surface area contributed by atoms with Crippen LogP contribution in [0.25, 0.3) is 22.2 Å². The van der Waals surface area contributed by atoms with Gasteiger partial charge in [-0.25, -0.2) is 14.2 Å². The highest BCUT2D eigenvalue weighted by molar-refractivity contribution is 7.92. The van der Waals surface area contributed by atoms with Gasteiger partial charge < -0.3 is 9.64 Å². The minimum atomic E-state index is -2.79. The molecule has 1 aliphatic heterocycles. The molecule has 2 atom stereocenters. The Labute approximate surface area is 176 Å². The number of fused-ring (bicyclic) bond motifs is 1. The van der Waals surface area contributed by atoms with Gasteiger partial charge in [-0.05, 0) is 31.2 Å². The number of hydrogen-bond donors (Lipinski definition) is 1. The van der Waals surface area contributed by atoms with Crippen molar-refractivity contribution < 1.29 is 8.95 Å². The zero-order valence-electron chi connectivity index (χ0n) is 17.2. The summed E-state index contributed by atoms with van der Waals surface area (Å²) in [6, 6.07) is 10.1. The molecule has 30 heavy (non-hydrogen) atoms. The summed E-state index contributed by atoms with van der Waals surface area (Å²) >= 11 is 0. The fourth-order valence-corrected chi connectivity index (χ4v) is 5.66. The molecule has 2 aliphatic rings. The molecule has 0 amide bonds. The molecule has 8 heteroatoms. The minimum absolute atomic E-state index is 0.184. The molecule has 2 fully saturated rings. The van der Waals surface area contributed by atoms with E-state index >= 15 is 0 Å². The first kappa shape index (κ1) is 19.4. The number of ether oxygens (including phenoxy) is 1. The van der Waals surface area contributed by atoms with E-state index in [-0.39, 0.29) is 6.04 Å². The van der Waals surface area contributed by atoms with E-state index < -0.39 is 14.5 Å². The van der Waals surface area contributed by atoms with Crippen molar-refractivity contribution in [2.24, 2.45) is 0 Å². The molecule has 1 N–H and O–H groups in total. The zero-order valence-corrected chi connectivity index (χ0v) is 18.0. The van der Waals surface area contributed by atoms with Gasteiger partial charge in [0.25, 0.3) is 0 Å². The van der Waals surface area contributed by atoms with Crippen molar-refractivity contribution in [2.75, 3.05) is 30.9 Å². The number of hydrogen-bond acceptors (Lipinski definition) is 7. The number of morpholine rings is 1. The number of benzene rings is 1. The van der Waals surface area contributed by atoms with Crippen LogP contribution in [0, 0.1) is 4.78 Å². The van der Waals surface area contributed by atoms with Crippen LogP contribution < -0.4 is 4.90 Å². The van der Waals surface area contributed by atoms with Crippen molar-refractivity contribution in [1.82, 2.24) is 15.0 Å². The van der Waals surface area contributed by atoms with Gasteiger partial charge in [0.15, 0.2) is 5.82 Å². The Morgan fingerprint density at radius 1 is 1.27 bits per heavy atom. The van der Waals surface area contributed by atoms with Crippen LogP contribution in [0.4, 0.5) is 5.82 Å². The molecule has 1 saturated heterocycles. The average Bonchev–Trinajstić information content (AvgIpc) is 3.56. The van der Waals surface area contributed by atoms with E-state index in [1.165, 1.54) is 6.26 Å². The monoisotopic (exact) mass is 423 g/mol. The molecule has 0 spiro atoms. The maximum absolute atomic E-state index is 12.8. The molecule has 1 saturated carbocycles. The molecular weight excluding hydrogens is 398 g/mol. The highest BCUT2D eigenvalue weighted by Crippen LogP contribution is 2.52. The predicted octanol–water partition coefficient (Wildman–Crippen LogP) is 3.58.